The van der Waals surface area contributed by atoms with Gasteiger partial charge in [-0.2, -0.15) is 0 Å². The van der Waals surface area contributed by atoms with Crippen LogP contribution in [0.25, 0.3) is 0 Å². The van der Waals surface area contributed by atoms with Gasteiger partial charge >= 0.3 is 5.97 Å². The molecule has 0 radical (unpaired) electrons. The lowest BCUT2D eigenvalue weighted by molar-refractivity contribution is -0.140. The summed E-state index contributed by atoms with van der Waals surface area (Å²) in [5, 5.41) is 18.6. The van der Waals surface area contributed by atoms with Gasteiger partial charge in [-0.15, -0.1) is 0 Å². The molecule has 1 atom stereocenters. The van der Waals surface area contributed by atoms with Crippen molar-refractivity contribution < 1.29 is 15.0 Å². The summed E-state index contributed by atoms with van der Waals surface area (Å²) >= 11 is 5.96. The summed E-state index contributed by atoms with van der Waals surface area (Å²) in [7, 11) is 0. The Morgan fingerprint density at radius 1 is 1.50 bits per heavy atom. The van der Waals surface area contributed by atoms with Crippen molar-refractivity contribution in [2.45, 2.75) is 6.42 Å². The lowest BCUT2D eigenvalue weighted by Gasteiger charge is -2.19. The second-order valence-corrected chi connectivity index (χ2v) is 4.26. The normalized spacial score (nSPS) is 20.1. The number of phenols is 1. The van der Waals surface area contributed by atoms with Crippen LogP contribution in [0.5, 0.6) is 5.75 Å². The van der Waals surface area contributed by atoms with Crippen LogP contribution in [-0.4, -0.2) is 29.3 Å². The fraction of sp³-hybridized carbons (Fsp3) is 0.364. The standard InChI is InChI=1S/C11H12ClNO3/c12-10-8(2-1-3-9(10)14)13-5-4-7(6-13)11(15)16/h1-3,7,14H,4-6H2,(H,15,16). The maximum atomic E-state index is 10.8. The van der Waals surface area contributed by atoms with E-state index in [0.717, 1.165) is 0 Å². The molecule has 0 bridgehead atoms. The highest BCUT2D eigenvalue weighted by molar-refractivity contribution is 6.34. The summed E-state index contributed by atoms with van der Waals surface area (Å²) < 4.78 is 0. The average molecular weight is 242 g/mol. The number of carboxylic acid groups (broad SMARTS) is 1. The lowest BCUT2D eigenvalue weighted by atomic mass is 10.1. The van der Waals surface area contributed by atoms with Crippen LogP contribution in [0.15, 0.2) is 18.2 Å². The van der Waals surface area contributed by atoms with Gasteiger partial charge in [0.25, 0.3) is 0 Å². The van der Waals surface area contributed by atoms with Crippen LogP contribution < -0.4 is 4.90 Å². The SMILES string of the molecule is O=C(O)C1CCN(c2cccc(O)c2Cl)C1. The van der Waals surface area contributed by atoms with E-state index < -0.39 is 5.97 Å². The molecule has 5 heteroatoms. The van der Waals surface area contributed by atoms with E-state index in [1.54, 1.807) is 12.1 Å². The number of anilines is 1. The maximum Gasteiger partial charge on any atom is 0.308 e. The van der Waals surface area contributed by atoms with Gasteiger partial charge in [0.05, 0.1) is 11.6 Å². The molecule has 0 amide bonds. The van der Waals surface area contributed by atoms with E-state index in [2.05, 4.69) is 0 Å². The summed E-state index contributed by atoms with van der Waals surface area (Å²) in [6.45, 7) is 1.10. The van der Waals surface area contributed by atoms with Gasteiger partial charge < -0.3 is 15.1 Å². The zero-order valence-corrected chi connectivity index (χ0v) is 9.31. The zero-order chi connectivity index (χ0) is 11.7. The number of phenolic OH excluding ortho intramolecular Hbond substituents is 1. The molecule has 1 saturated heterocycles. The largest absolute Gasteiger partial charge is 0.506 e. The van der Waals surface area contributed by atoms with E-state index in [-0.39, 0.29) is 16.7 Å². The van der Waals surface area contributed by atoms with Gasteiger partial charge in [0.1, 0.15) is 10.8 Å². The Bertz CT molecular complexity index is 422. The highest BCUT2D eigenvalue weighted by Crippen LogP contribution is 2.35. The number of aromatic hydroxyl groups is 1. The molecule has 1 heterocycles. The number of carboxylic acids is 1. The van der Waals surface area contributed by atoms with Crippen molar-refractivity contribution in [1.29, 1.82) is 0 Å². The molecule has 1 aromatic rings. The average Bonchev–Trinajstić information content (AvgIpc) is 2.71. The van der Waals surface area contributed by atoms with Crippen molar-refractivity contribution in [3.63, 3.8) is 0 Å². The van der Waals surface area contributed by atoms with E-state index >= 15 is 0 Å². The Kier molecular flexibility index (Phi) is 2.92. The minimum absolute atomic E-state index is 0.0259. The highest BCUT2D eigenvalue weighted by atomic mass is 35.5. The first-order chi connectivity index (χ1) is 7.59. The third-order valence-corrected chi connectivity index (χ3v) is 3.22. The molecule has 1 unspecified atom stereocenters. The summed E-state index contributed by atoms with van der Waals surface area (Å²) in [4.78, 5) is 12.7. The Morgan fingerprint density at radius 2 is 2.25 bits per heavy atom. The predicted octanol–water partition coefficient (Wildman–Crippen LogP) is 1.96. The number of carbonyl (C=O) groups is 1. The van der Waals surface area contributed by atoms with Crippen molar-refractivity contribution in [1.82, 2.24) is 0 Å². The van der Waals surface area contributed by atoms with E-state index in [1.165, 1.54) is 6.07 Å². The minimum Gasteiger partial charge on any atom is -0.506 e. The number of halogens is 1. The molecule has 2 N–H and O–H groups in total. The number of nitrogens with zero attached hydrogens (tertiary/aromatic N) is 1. The third-order valence-electron chi connectivity index (χ3n) is 2.84. The topological polar surface area (TPSA) is 60.8 Å². The summed E-state index contributed by atoms with van der Waals surface area (Å²) in [6, 6.07) is 4.99. The molecular weight excluding hydrogens is 230 g/mol. The van der Waals surface area contributed by atoms with Gasteiger partial charge in [-0.3, -0.25) is 4.79 Å². The molecule has 16 heavy (non-hydrogen) atoms. The van der Waals surface area contributed by atoms with Crippen LogP contribution in [0.3, 0.4) is 0 Å². The molecule has 1 aromatic carbocycles. The quantitative estimate of drug-likeness (QED) is 0.831. The third kappa shape index (κ3) is 1.93. The summed E-state index contributed by atoms with van der Waals surface area (Å²) in [6.07, 6.45) is 0.612. The molecule has 86 valence electrons. The Hall–Kier alpha value is -1.42. The molecule has 1 aliphatic heterocycles. The first kappa shape index (κ1) is 11.1. The number of benzene rings is 1. The Morgan fingerprint density at radius 3 is 2.88 bits per heavy atom. The molecule has 1 fully saturated rings. The predicted molar refractivity (Wildman–Crippen MR) is 61.1 cm³/mol. The fourth-order valence-corrected chi connectivity index (χ4v) is 2.18. The van der Waals surface area contributed by atoms with Crippen LogP contribution in [0.2, 0.25) is 5.02 Å². The van der Waals surface area contributed by atoms with Crippen molar-refractivity contribution in [3.05, 3.63) is 23.2 Å². The van der Waals surface area contributed by atoms with Crippen LogP contribution in [0, 0.1) is 5.92 Å². The Balaban J connectivity index is 2.21. The van der Waals surface area contributed by atoms with E-state index in [9.17, 15) is 9.90 Å². The molecule has 4 nitrogen and oxygen atoms in total. The second kappa shape index (κ2) is 4.22. The Labute approximate surface area is 98.1 Å². The first-order valence-electron chi connectivity index (χ1n) is 5.05. The van der Waals surface area contributed by atoms with Crippen LogP contribution in [0.4, 0.5) is 5.69 Å². The molecule has 0 spiro atoms. The number of hydrogen-bond donors (Lipinski definition) is 2. The molecule has 1 aliphatic rings. The maximum absolute atomic E-state index is 10.8. The van der Waals surface area contributed by atoms with Crippen LogP contribution in [0.1, 0.15) is 6.42 Å². The molecule has 0 aliphatic carbocycles. The van der Waals surface area contributed by atoms with Gasteiger partial charge in [-0.25, -0.2) is 0 Å². The number of rotatable bonds is 2. The first-order valence-corrected chi connectivity index (χ1v) is 5.42. The summed E-state index contributed by atoms with van der Waals surface area (Å²) in [5.41, 5.74) is 0.699. The molecule has 0 saturated carbocycles. The van der Waals surface area contributed by atoms with Crippen LogP contribution >= 0.6 is 11.6 Å². The van der Waals surface area contributed by atoms with Gasteiger partial charge in [0.15, 0.2) is 0 Å². The van der Waals surface area contributed by atoms with E-state index in [1.807, 2.05) is 4.90 Å². The van der Waals surface area contributed by atoms with Crippen molar-refractivity contribution in [3.8, 4) is 5.75 Å². The fourth-order valence-electron chi connectivity index (χ4n) is 1.93. The van der Waals surface area contributed by atoms with Crippen molar-refractivity contribution >= 4 is 23.3 Å². The lowest BCUT2D eigenvalue weighted by Crippen LogP contribution is -2.22. The smallest absolute Gasteiger partial charge is 0.308 e. The van der Waals surface area contributed by atoms with Gasteiger partial charge in [0.2, 0.25) is 0 Å². The molecule has 0 aromatic heterocycles. The second-order valence-electron chi connectivity index (χ2n) is 3.88. The van der Waals surface area contributed by atoms with Crippen molar-refractivity contribution in [2.24, 2.45) is 5.92 Å². The van der Waals surface area contributed by atoms with Crippen molar-refractivity contribution in [2.75, 3.05) is 18.0 Å². The monoisotopic (exact) mass is 241 g/mol. The minimum atomic E-state index is -0.779. The molecular formula is C11H12ClNO3. The van der Waals surface area contributed by atoms with E-state index in [4.69, 9.17) is 16.7 Å². The highest BCUT2D eigenvalue weighted by Gasteiger charge is 2.29. The van der Waals surface area contributed by atoms with Crippen LogP contribution in [-0.2, 0) is 4.79 Å². The van der Waals surface area contributed by atoms with Gasteiger partial charge in [-0.05, 0) is 18.6 Å². The summed E-state index contributed by atoms with van der Waals surface area (Å²) in [5.74, 6) is -1.10. The number of hydrogen-bond acceptors (Lipinski definition) is 3. The van der Waals surface area contributed by atoms with Gasteiger partial charge in [0, 0.05) is 13.1 Å². The van der Waals surface area contributed by atoms with E-state index in [0.29, 0.717) is 25.2 Å². The zero-order valence-electron chi connectivity index (χ0n) is 8.56. The van der Waals surface area contributed by atoms with Gasteiger partial charge in [-0.1, -0.05) is 17.7 Å². The molecule has 2 rings (SSSR count). The number of aliphatic carboxylic acids is 1.